The molecule has 1 aliphatic rings. The fourth-order valence-electron chi connectivity index (χ4n) is 1.66. The third-order valence-electron chi connectivity index (χ3n) is 2.63. The van der Waals surface area contributed by atoms with Crippen molar-refractivity contribution in [3.05, 3.63) is 0 Å². The van der Waals surface area contributed by atoms with Crippen molar-refractivity contribution in [3.63, 3.8) is 0 Å². The Balaban J connectivity index is 2.39. The van der Waals surface area contributed by atoms with Crippen molar-refractivity contribution >= 4 is 23.6 Å². The zero-order chi connectivity index (χ0) is 12.1. The maximum absolute atomic E-state index is 11.8. The number of aliphatic carboxylic acids is 1. The normalized spacial score (nSPS) is 24.4. The molecule has 1 aliphatic heterocycles. The van der Waals surface area contributed by atoms with E-state index < -0.39 is 12.0 Å². The Morgan fingerprint density at radius 2 is 2.06 bits per heavy atom. The molecule has 0 aromatic heterocycles. The SMILES string of the molecule is CCN(CC)C(=O)CC1NC(C(=O)O)CS1. The third kappa shape index (κ3) is 3.38. The van der Waals surface area contributed by atoms with Crippen molar-refractivity contribution in [1.82, 2.24) is 10.2 Å². The molecule has 0 bridgehead atoms. The number of carbonyl (C=O) groups excluding carboxylic acids is 1. The number of hydrogen-bond donors (Lipinski definition) is 2. The van der Waals surface area contributed by atoms with Gasteiger partial charge in [0.15, 0.2) is 0 Å². The Morgan fingerprint density at radius 1 is 1.44 bits per heavy atom. The van der Waals surface area contributed by atoms with E-state index in [9.17, 15) is 9.59 Å². The number of carboxylic acid groups (broad SMARTS) is 1. The van der Waals surface area contributed by atoms with Crippen LogP contribution in [0.2, 0.25) is 0 Å². The van der Waals surface area contributed by atoms with Gasteiger partial charge in [0, 0.05) is 18.8 Å². The molecule has 0 aromatic carbocycles. The van der Waals surface area contributed by atoms with Crippen LogP contribution in [0.15, 0.2) is 0 Å². The van der Waals surface area contributed by atoms with Crippen molar-refractivity contribution in [1.29, 1.82) is 0 Å². The molecule has 2 N–H and O–H groups in total. The van der Waals surface area contributed by atoms with Gasteiger partial charge in [-0.2, -0.15) is 0 Å². The lowest BCUT2D eigenvalue weighted by atomic mass is 10.3. The number of nitrogens with zero attached hydrogens (tertiary/aromatic N) is 1. The number of carboxylic acids is 1. The minimum Gasteiger partial charge on any atom is -0.480 e. The predicted octanol–water partition coefficient (Wildman–Crippen LogP) is 0.361. The van der Waals surface area contributed by atoms with E-state index in [1.807, 2.05) is 13.8 Å². The predicted molar refractivity (Wildman–Crippen MR) is 63.4 cm³/mol. The number of rotatable bonds is 5. The molecule has 5 nitrogen and oxygen atoms in total. The largest absolute Gasteiger partial charge is 0.480 e. The van der Waals surface area contributed by atoms with Crippen molar-refractivity contribution in [2.75, 3.05) is 18.8 Å². The number of thioether (sulfide) groups is 1. The first-order valence-electron chi connectivity index (χ1n) is 5.46. The van der Waals surface area contributed by atoms with E-state index in [0.717, 1.165) is 0 Å². The van der Waals surface area contributed by atoms with E-state index in [2.05, 4.69) is 5.32 Å². The second-order valence-electron chi connectivity index (χ2n) is 3.65. The van der Waals surface area contributed by atoms with Gasteiger partial charge in [-0.3, -0.25) is 14.9 Å². The average molecular weight is 246 g/mol. The Labute approximate surface area is 99.6 Å². The molecule has 0 saturated carbocycles. The number of amides is 1. The number of hydrogen-bond acceptors (Lipinski definition) is 4. The van der Waals surface area contributed by atoms with Gasteiger partial charge in [0.05, 0.1) is 11.8 Å². The molecule has 0 aromatic rings. The molecule has 1 rings (SSSR count). The Hall–Kier alpha value is -0.750. The van der Waals surface area contributed by atoms with Gasteiger partial charge >= 0.3 is 5.97 Å². The van der Waals surface area contributed by atoms with Crippen LogP contribution in [-0.2, 0) is 9.59 Å². The van der Waals surface area contributed by atoms with Crippen LogP contribution in [0.5, 0.6) is 0 Å². The van der Waals surface area contributed by atoms with E-state index in [1.165, 1.54) is 11.8 Å². The standard InChI is InChI=1S/C10H18N2O3S/c1-3-12(4-2)9(13)5-8-11-7(6-16-8)10(14)15/h7-8,11H,3-6H2,1-2H3,(H,14,15). The van der Waals surface area contributed by atoms with Gasteiger partial charge in [-0.05, 0) is 13.8 Å². The summed E-state index contributed by atoms with van der Waals surface area (Å²) in [7, 11) is 0. The first kappa shape index (κ1) is 13.3. The van der Waals surface area contributed by atoms with Gasteiger partial charge in [-0.25, -0.2) is 0 Å². The van der Waals surface area contributed by atoms with Gasteiger partial charge < -0.3 is 10.0 Å². The summed E-state index contributed by atoms with van der Waals surface area (Å²) < 4.78 is 0. The first-order valence-corrected chi connectivity index (χ1v) is 6.51. The van der Waals surface area contributed by atoms with Crippen LogP contribution in [0.3, 0.4) is 0 Å². The van der Waals surface area contributed by atoms with Crippen LogP contribution in [0, 0.1) is 0 Å². The lowest BCUT2D eigenvalue weighted by molar-refractivity contribution is -0.139. The van der Waals surface area contributed by atoms with E-state index in [1.54, 1.807) is 4.90 Å². The molecular formula is C10H18N2O3S. The smallest absolute Gasteiger partial charge is 0.321 e. The summed E-state index contributed by atoms with van der Waals surface area (Å²) in [6.45, 7) is 5.29. The molecule has 0 aliphatic carbocycles. The Kier molecular flexibility index (Phi) is 5.08. The number of carbonyl (C=O) groups is 2. The van der Waals surface area contributed by atoms with Crippen molar-refractivity contribution in [3.8, 4) is 0 Å². The van der Waals surface area contributed by atoms with Crippen LogP contribution >= 0.6 is 11.8 Å². The zero-order valence-electron chi connectivity index (χ0n) is 9.60. The van der Waals surface area contributed by atoms with E-state index >= 15 is 0 Å². The van der Waals surface area contributed by atoms with Crippen LogP contribution in [0.1, 0.15) is 20.3 Å². The summed E-state index contributed by atoms with van der Waals surface area (Å²) in [5.41, 5.74) is 0. The summed E-state index contributed by atoms with van der Waals surface area (Å²) in [5, 5.41) is 11.7. The number of nitrogens with one attached hydrogen (secondary N) is 1. The monoisotopic (exact) mass is 246 g/mol. The summed E-state index contributed by atoms with van der Waals surface area (Å²) in [4.78, 5) is 24.2. The summed E-state index contributed by atoms with van der Waals surface area (Å²) >= 11 is 1.51. The fourth-order valence-corrected chi connectivity index (χ4v) is 2.84. The molecule has 0 radical (unpaired) electrons. The van der Waals surface area contributed by atoms with Crippen LogP contribution in [-0.4, -0.2) is 52.1 Å². The van der Waals surface area contributed by atoms with Gasteiger partial charge in [-0.1, -0.05) is 0 Å². The zero-order valence-corrected chi connectivity index (χ0v) is 10.4. The topological polar surface area (TPSA) is 69.6 Å². The fraction of sp³-hybridized carbons (Fsp3) is 0.800. The van der Waals surface area contributed by atoms with Crippen molar-refractivity contribution < 1.29 is 14.7 Å². The highest BCUT2D eigenvalue weighted by Crippen LogP contribution is 2.22. The minimum absolute atomic E-state index is 0.0609. The average Bonchev–Trinajstić information content (AvgIpc) is 2.68. The lowest BCUT2D eigenvalue weighted by Gasteiger charge is -2.20. The molecule has 1 fully saturated rings. The van der Waals surface area contributed by atoms with Crippen LogP contribution < -0.4 is 5.32 Å². The molecule has 1 heterocycles. The molecule has 1 saturated heterocycles. The quantitative estimate of drug-likeness (QED) is 0.733. The highest BCUT2D eigenvalue weighted by molar-refractivity contribution is 8.00. The molecular weight excluding hydrogens is 228 g/mol. The van der Waals surface area contributed by atoms with E-state index in [-0.39, 0.29) is 11.3 Å². The summed E-state index contributed by atoms with van der Waals surface area (Å²) in [5.74, 6) is -0.225. The van der Waals surface area contributed by atoms with Crippen molar-refractivity contribution in [2.45, 2.75) is 31.7 Å². The van der Waals surface area contributed by atoms with Crippen LogP contribution in [0.4, 0.5) is 0 Å². The first-order chi connectivity index (χ1) is 7.58. The second kappa shape index (κ2) is 6.10. The van der Waals surface area contributed by atoms with Gasteiger partial charge in [0.1, 0.15) is 6.04 Å². The maximum atomic E-state index is 11.8. The van der Waals surface area contributed by atoms with Gasteiger partial charge in [0.2, 0.25) is 5.91 Å². The second-order valence-corrected chi connectivity index (χ2v) is 4.89. The molecule has 0 spiro atoms. The Morgan fingerprint density at radius 3 is 2.50 bits per heavy atom. The third-order valence-corrected chi connectivity index (χ3v) is 3.86. The summed E-state index contributed by atoms with van der Waals surface area (Å²) in [6, 6.07) is -0.514. The lowest BCUT2D eigenvalue weighted by Crippen LogP contribution is -2.40. The molecule has 16 heavy (non-hydrogen) atoms. The molecule has 2 unspecified atom stereocenters. The van der Waals surface area contributed by atoms with Gasteiger partial charge in [-0.15, -0.1) is 11.8 Å². The van der Waals surface area contributed by atoms with E-state index in [0.29, 0.717) is 25.3 Å². The summed E-state index contributed by atoms with van der Waals surface area (Å²) in [6.07, 6.45) is 0.371. The molecule has 6 heteroatoms. The van der Waals surface area contributed by atoms with E-state index in [4.69, 9.17) is 5.11 Å². The maximum Gasteiger partial charge on any atom is 0.321 e. The minimum atomic E-state index is -0.842. The van der Waals surface area contributed by atoms with Crippen LogP contribution in [0.25, 0.3) is 0 Å². The molecule has 1 amide bonds. The van der Waals surface area contributed by atoms with Crippen molar-refractivity contribution in [2.24, 2.45) is 0 Å². The Bertz CT molecular complexity index is 269. The molecule has 2 atom stereocenters. The highest BCUT2D eigenvalue weighted by atomic mass is 32.2. The molecule has 92 valence electrons. The highest BCUT2D eigenvalue weighted by Gasteiger charge is 2.31. The van der Waals surface area contributed by atoms with Gasteiger partial charge in [0.25, 0.3) is 0 Å².